The molecule has 4 heteroatoms. The highest BCUT2D eigenvalue weighted by atomic mass is 31.1. The predicted octanol–water partition coefficient (Wildman–Crippen LogP) is 2.03. The Hall–Kier alpha value is -0.760. The summed E-state index contributed by atoms with van der Waals surface area (Å²) < 4.78 is 15.7. The second-order valence-electron chi connectivity index (χ2n) is 2.69. The van der Waals surface area contributed by atoms with Crippen LogP contribution < -0.4 is 5.73 Å². The maximum atomic E-state index is 11.0. The largest absolute Gasteiger partial charge is 0.512 e. The number of nitrogens with two attached hydrogens (primary N) is 1. The van der Waals surface area contributed by atoms with E-state index in [1.54, 1.807) is 0 Å². The molecule has 1 atom stereocenters. The summed E-state index contributed by atoms with van der Waals surface area (Å²) in [6.45, 7) is 0.538. The van der Waals surface area contributed by atoms with Gasteiger partial charge in [0.05, 0.1) is 7.11 Å². The van der Waals surface area contributed by atoms with Gasteiger partial charge in [-0.05, 0) is 10.1 Å². The van der Waals surface area contributed by atoms with Gasteiger partial charge in [-0.25, -0.2) is 0 Å². The Morgan fingerprint density at radius 2 is 1.85 bits per heavy atom. The van der Waals surface area contributed by atoms with Crippen LogP contribution in [0.5, 0.6) is 0 Å². The number of hydrogen-bond donors (Lipinski definition) is 1. The third-order valence-electron chi connectivity index (χ3n) is 1.77. The molecule has 0 fully saturated rings. The molecule has 0 aliphatic heterocycles. The van der Waals surface area contributed by atoms with Crippen molar-refractivity contribution in [3.63, 3.8) is 0 Å². The first kappa shape index (κ1) is 10.3. The van der Waals surface area contributed by atoms with Crippen molar-refractivity contribution in [2.75, 3.05) is 7.11 Å². The zero-order valence-corrected chi connectivity index (χ0v) is 8.46. The molecule has 0 heterocycles. The smallest absolute Gasteiger partial charge is 0.326 e. The highest BCUT2D eigenvalue weighted by Gasteiger charge is 2.14. The van der Waals surface area contributed by atoms with Gasteiger partial charge in [0, 0.05) is 12.1 Å². The lowest BCUT2D eigenvalue weighted by Gasteiger charge is -1.96. The van der Waals surface area contributed by atoms with E-state index in [-0.39, 0.29) is 0 Å². The van der Waals surface area contributed by atoms with Crippen molar-refractivity contribution in [2.45, 2.75) is 12.7 Å². The first-order valence-corrected chi connectivity index (χ1v) is 5.39. The molecule has 13 heavy (non-hydrogen) atoms. The van der Waals surface area contributed by atoms with Gasteiger partial charge in [0.2, 0.25) is 6.16 Å². The minimum absolute atomic E-state index is 0.469. The molecule has 1 rings (SSSR count). The second kappa shape index (κ2) is 5.07. The Morgan fingerprint density at radius 1 is 1.31 bits per heavy atom. The van der Waals surface area contributed by atoms with Gasteiger partial charge in [-0.3, -0.25) is 0 Å². The predicted molar refractivity (Wildman–Crippen MR) is 52.7 cm³/mol. The van der Waals surface area contributed by atoms with Crippen LogP contribution in [-0.2, 0) is 21.8 Å². The molecule has 0 aliphatic rings. The van der Waals surface area contributed by atoms with Crippen LogP contribution in [-0.4, -0.2) is 7.11 Å². The van der Waals surface area contributed by atoms with Crippen LogP contribution in [0.15, 0.2) is 24.3 Å². The van der Waals surface area contributed by atoms with E-state index in [0.717, 1.165) is 11.1 Å². The third-order valence-corrected chi connectivity index (χ3v) is 2.80. The average molecular weight is 198 g/mol. The lowest BCUT2D eigenvalue weighted by Crippen LogP contribution is -1.95. The Kier molecular flexibility index (Phi) is 4.03. The number of rotatable bonds is 4. The summed E-state index contributed by atoms with van der Waals surface area (Å²) in [5, 5.41) is 0. The van der Waals surface area contributed by atoms with Crippen molar-refractivity contribution in [1.82, 2.24) is 0 Å². The Bertz CT molecular complexity index is 284. The maximum Gasteiger partial charge on any atom is 0.512 e. The summed E-state index contributed by atoms with van der Waals surface area (Å²) in [4.78, 5) is 0. The van der Waals surface area contributed by atoms with Crippen molar-refractivity contribution in [2.24, 2.45) is 5.73 Å². The van der Waals surface area contributed by atoms with Crippen LogP contribution in [0.4, 0.5) is 0 Å². The van der Waals surface area contributed by atoms with E-state index in [4.69, 9.17) is 10.3 Å². The van der Waals surface area contributed by atoms with E-state index in [1.807, 2.05) is 24.3 Å². The van der Waals surface area contributed by atoms with Gasteiger partial charge in [0.25, 0.3) is 0 Å². The molecule has 0 saturated carbocycles. The van der Waals surface area contributed by atoms with Crippen LogP contribution >= 0.6 is 8.03 Å². The van der Waals surface area contributed by atoms with E-state index in [9.17, 15) is 4.57 Å². The quantitative estimate of drug-likeness (QED) is 0.753. The highest BCUT2D eigenvalue weighted by molar-refractivity contribution is 7.38. The zero-order valence-electron chi connectivity index (χ0n) is 7.56. The van der Waals surface area contributed by atoms with E-state index in [2.05, 4.69) is 0 Å². The van der Waals surface area contributed by atoms with Crippen molar-refractivity contribution in [1.29, 1.82) is 0 Å². The molecule has 2 N–H and O–H groups in total. The Balaban J connectivity index is 2.64. The van der Waals surface area contributed by atoms with Gasteiger partial charge in [-0.1, -0.05) is 24.3 Å². The molecule has 1 unspecified atom stereocenters. The van der Waals surface area contributed by atoms with Gasteiger partial charge in [0.15, 0.2) is 0 Å². The molecule has 0 aromatic heterocycles. The summed E-state index contributed by atoms with van der Waals surface area (Å²) in [6.07, 6.45) is 0.469. The van der Waals surface area contributed by atoms with E-state index < -0.39 is 8.03 Å². The Labute approximate surface area is 78.8 Å². The monoisotopic (exact) mass is 198 g/mol. The van der Waals surface area contributed by atoms with Gasteiger partial charge >= 0.3 is 8.03 Å². The standard InChI is InChI=1S/C9H13NO2P/c1-12-13(11)7-9-4-2-8(6-10)3-5-9/h2-5H,6-7,10H2,1H3/q+1. The van der Waals surface area contributed by atoms with Crippen molar-refractivity contribution in [3.05, 3.63) is 35.4 Å². The first-order chi connectivity index (χ1) is 6.26. The normalized spacial score (nSPS) is 11.4. The molecule has 70 valence electrons. The van der Waals surface area contributed by atoms with Gasteiger partial charge < -0.3 is 5.73 Å². The van der Waals surface area contributed by atoms with Crippen molar-refractivity contribution < 1.29 is 9.09 Å². The summed E-state index contributed by atoms with van der Waals surface area (Å²) >= 11 is 0. The number of benzene rings is 1. The second-order valence-corrected chi connectivity index (χ2v) is 4.04. The van der Waals surface area contributed by atoms with Crippen molar-refractivity contribution >= 4 is 8.03 Å². The summed E-state index contributed by atoms with van der Waals surface area (Å²) in [7, 11) is -0.0984. The molecule has 0 amide bonds. The number of hydrogen-bond acceptors (Lipinski definition) is 3. The van der Waals surface area contributed by atoms with E-state index in [1.165, 1.54) is 7.11 Å². The van der Waals surface area contributed by atoms with E-state index in [0.29, 0.717) is 12.7 Å². The average Bonchev–Trinajstić information content (AvgIpc) is 2.19. The Morgan fingerprint density at radius 3 is 2.31 bits per heavy atom. The lowest BCUT2D eigenvalue weighted by atomic mass is 10.1. The fourth-order valence-electron chi connectivity index (χ4n) is 0.994. The van der Waals surface area contributed by atoms with E-state index >= 15 is 0 Å². The molecule has 0 aliphatic carbocycles. The fourth-order valence-corrected chi connectivity index (χ4v) is 1.63. The summed E-state index contributed by atoms with van der Waals surface area (Å²) in [5.41, 5.74) is 7.54. The molecule has 1 aromatic carbocycles. The van der Waals surface area contributed by atoms with Crippen LogP contribution in [0, 0.1) is 0 Å². The van der Waals surface area contributed by atoms with Crippen LogP contribution in [0.2, 0.25) is 0 Å². The van der Waals surface area contributed by atoms with Crippen LogP contribution in [0.3, 0.4) is 0 Å². The van der Waals surface area contributed by atoms with Gasteiger partial charge in [-0.15, -0.1) is 4.52 Å². The SMILES string of the molecule is CO[P+](=O)Cc1ccc(CN)cc1. The van der Waals surface area contributed by atoms with Crippen LogP contribution in [0.25, 0.3) is 0 Å². The highest BCUT2D eigenvalue weighted by Crippen LogP contribution is 2.26. The van der Waals surface area contributed by atoms with Gasteiger partial charge in [0.1, 0.15) is 0 Å². The minimum atomic E-state index is -1.55. The first-order valence-electron chi connectivity index (χ1n) is 4.03. The third kappa shape index (κ3) is 3.23. The molecular formula is C9H13NO2P+. The minimum Gasteiger partial charge on any atom is -0.326 e. The summed E-state index contributed by atoms with van der Waals surface area (Å²) in [6, 6.07) is 7.73. The lowest BCUT2D eigenvalue weighted by molar-refractivity contribution is 0.414. The van der Waals surface area contributed by atoms with Crippen LogP contribution in [0.1, 0.15) is 11.1 Å². The fraction of sp³-hybridized carbons (Fsp3) is 0.333. The van der Waals surface area contributed by atoms with Crippen molar-refractivity contribution in [3.8, 4) is 0 Å². The zero-order chi connectivity index (χ0) is 9.68. The maximum absolute atomic E-state index is 11.0. The molecule has 0 radical (unpaired) electrons. The molecule has 0 bridgehead atoms. The topological polar surface area (TPSA) is 52.3 Å². The molecule has 1 aromatic rings. The summed E-state index contributed by atoms with van der Waals surface area (Å²) in [5.74, 6) is 0. The molecule has 3 nitrogen and oxygen atoms in total. The van der Waals surface area contributed by atoms with Gasteiger partial charge in [-0.2, -0.15) is 0 Å². The molecular weight excluding hydrogens is 185 g/mol. The molecule has 0 saturated heterocycles. The molecule has 0 spiro atoms.